The van der Waals surface area contributed by atoms with E-state index in [1.807, 2.05) is 62.9 Å². The molecule has 0 aromatic heterocycles. The third kappa shape index (κ3) is 11.5. The monoisotopic (exact) mass is 646 g/mol. The number of thioether (sulfide) groups is 1. The number of rotatable bonds is 13. The van der Waals surface area contributed by atoms with Crippen molar-refractivity contribution >= 4 is 50.8 Å². The fourth-order valence-electron chi connectivity index (χ4n) is 5.06. The molecule has 1 atom stereocenters. The summed E-state index contributed by atoms with van der Waals surface area (Å²) in [7, 11) is -2.14. The molecule has 3 rings (SSSR count). The summed E-state index contributed by atoms with van der Waals surface area (Å²) in [5, 5.41) is 5.95. The average Bonchev–Trinajstić information content (AvgIpc) is 3.19. The first-order valence-corrected chi connectivity index (χ1v) is 18.5. The number of hydrogen-bond acceptors (Lipinski definition) is 7. The van der Waals surface area contributed by atoms with E-state index >= 15 is 0 Å². The van der Waals surface area contributed by atoms with Crippen molar-refractivity contribution in [1.29, 1.82) is 0 Å². The standard InChI is InChI=1S/C33H50N4O5S2/c1-7-8-9-10-11-23-43-28-17-14-26(15-18-28)34-31(38)29-24-27(16-19-30(29)36(5)44(6,40)41)37-21-12-13-25(20-22-37)35-32(39)42-33(2,3)4/h14-19,24-25H,7-13,20-23H2,1-6H3,(H,34,38)(H,35,39). The maximum absolute atomic E-state index is 13.6. The topological polar surface area (TPSA) is 108 Å². The van der Waals surface area contributed by atoms with Crippen LogP contribution in [0.3, 0.4) is 0 Å². The summed E-state index contributed by atoms with van der Waals surface area (Å²) in [6.45, 7) is 9.14. The third-order valence-electron chi connectivity index (χ3n) is 7.50. The summed E-state index contributed by atoms with van der Waals surface area (Å²) < 4.78 is 31.4. The lowest BCUT2D eigenvalue weighted by molar-refractivity contribution is 0.0500. The molecule has 1 saturated heterocycles. The van der Waals surface area contributed by atoms with Crippen molar-refractivity contribution in [2.45, 2.75) is 95.6 Å². The number of sulfonamides is 1. The van der Waals surface area contributed by atoms with Gasteiger partial charge in [0.15, 0.2) is 0 Å². The molecule has 1 aliphatic heterocycles. The minimum absolute atomic E-state index is 0.0181. The van der Waals surface area contributed by atoms with Gasteiger partial charge in [-0.05, 0) is 94.7 Å². The Morgan fingerprint density at radius 2 is 1.73 bits per heavy atom. The van der Waals surface area contributed by atoms with Crippen molar-refractivity contribution in [3.05, 3.63) is 48.0 Å². The number of anilines is 3. The van der Waals surface area contributed by atoms with Crippen molar-refractivity contribution in [1.82, 2.24) is 5.32 Å². The molecule has 0 saturated carbocycles. The number of nitrogens with zero attached hydrogens (tertiary/aromatic N) is 2. The normalized spacial score (nSPS) is 15.8. The molecule has 0 bridgehead atoms. The summed E-state index contributed by atoms with van der Waals surface area (Å²) in [4.78, 5) is 29.3. The number of alkyl carbamates (subject to hydrolysis) is 1. The Labute approximate surface area is 268 Å². The van der Waals surface area contributed by atoms with Crippen molar-refractivity contribution in [2.75, 3.05) is 46.7 Å². The summed E-state index contributed by atoms with van der Waals surface area (Å²) in [6.07, 6.45) is 9.32. The lowest BCUT2D eigenvalue weighted by Gasteiger charge is -2.26. The van der Waals surface area contributed by atoms with Crippen LogP contribution < -0.4 is 19.8 Å². The fraction of sp³-hybridized carbons (Fsp3) is 0.576. The van der Waals surface area contributed by atoms with Gasteiger partial charge >= 0.3 is 6.09 Å². The summed E-state index contributed by atoms with van der Waals surface area (Å²) in [5.41, 5.74) is 1.49. The highest BCUT2D eigenvalue weighted by Gasteiger charge is 2.25. The third-order valence-corrected chi connectivity index (χ3v) is 9.79. The molecule has 44 heavy (non-hydrogen) atoms. The highest BCUT2D eigenvalue weighted by atomic mass is 32.2. The van der Waals surface area contributed by atoms with E-state index in [0.717, 1.165) is 52.7 Å². The van der Waals surface area contributed by atoms with Gasteiger partial charge in [-0.15, -0.1) is 11.8 Å². The van der Waals surface area contributed by atoms with Gasteiger partial charge in [0.1, 0.15) is 5.60 Å². The Hall–Kier alpha value is -2.92. The van der Waals surface area contributed by atoms with Gasteiger partial charge in [0, 0.05) is 42.4 Å². The molecule has 2 aromatic carbocycles. The maximum Gasteiger partial charge on any atom is 0.407 e. The van der Waals surface area contributed by atoms with Crippen molar-refractivity contribution in [2.24, 2.45) is 0 Å². The highest BCUT2D eigenvalue weighted by Crippen LogP contribution is 2.30. The van der Waals surface area contributed by atoms with E-state index in [-0.39, 0.29) is 17.5 Å². The number of nitrogens with one attached hydrogen (secondary N) is 2. The van der Waals surface area contributed by atoms with Crippen molar-refractivity contribution in [3.8, 4) is 0 Å². The Morgan fingerprint density at radius 3 is 2.39 bits per heavy atom. The van der Waals surface area contributed by atoms with E-state index in [1.165, 1.54) is 39.2 Å². The molecular formula is C33H50N4O5S2. The molecular weight excluding hydrogens is 597 g/mol. The number of ether oxygens (including phenoxy) is 1. The first-order chi connectivity index (χ1) is 20.8. The van der Waals surface area contributed by atoms with Crippen LogP contribution in [-0.4, -0.2) is 64.2 Å². The molecule has 1 fully saturated rings. The first-order valence-electron chi connectivity index (χ1n) is 15.6. The number of carbonyl (C=O) groups is 2. The predicted octanol–water partition coefficient (Wildman–Crippen LogP) is 7.28. The largest absolute Gasteiger partial charge is 0.444 e. The second-order valence-corrected chi connectivity index (χ2v) is 15.6. The summed E-state index contributed by atoms with van der Waals surface area (Å²) >= 11 is 1.81. The number of carbonyl (C=O) groups excluding carboxylic acids is 2. The van der Waals surface area contributed by atoms with Gasteiger partial charge in [-0.25, -0.2) is 13.2 Å². The Morgan fingerprint density at radius 1 is 1.02 bits per heavy atom. The van der Waals surface area contributed by atoms with Crippen LogP contribution >= 0.6 is 11.8 Å². The molecule has 244 valence electrons. The van der Waals surface area contributed by atoms with Gasteiger partial charge in [0.05, 0.1) is 17.5 Å². The van der Waals surface area contributed by atoms with Crippen LogP contribution in [0.4, 0.5) is 21.9 Å². The molecule has 2 aromatic rings. The molecule has 1 heterocycles. The van der Waals surface area contributed by atoms with Gasteiger partial charge in [-0.1, -0.05) is 32.6 Å². The number of benzene rings is 2. The smallest absolute Gasteiger partial charge is 0.407 e. The van der Waals surface area contributed by atoms with E-state index in [4.69, 9.17) is 4.74 Å². The minimum Gasteiger partial charge on any atom is -0.444 e. The Bertz CT molecular complexity index is 1340. The molecule has 0 aliphatic carbocycles. The summed E-state index contributed by atoms with van der Waals surface area (Å²) in [5.74, 6) is 0.686. The van der Waals surface area contributed by atoms with E-state index < -0.39 is 21.7 Å². The lowest BCUT2D eigenvalue weighted by Crippen LogP contribution is -2.39. The molecule has 11 heteroatoms. The number of amides is 2. The van der Waals surface area contributed by atoms with E-state index in [0.29, 0.717) is 17.9 Å². The SMILES string of the molecule is CCCCCCCSc1ccc(NC(=O)c2cc(N3CCCC(NC(=O)OC(C)(C)C)CC3)ccc2N(C)S(C)(=O)=O)cc1. The van der Waals surface area contributed by atoms with Crippen LogP contribution in [0, 0.1) is 0 Å². The predicted molar refractivity (Wildman–Crippen MR) is 183 cm³/mol. The summed E-state index contributed by atoms with van der Waals surface area (Å²) in [6, 6.07) is 13.1. The van der Waals surface area contributed by atoms with Crippen molar-refractivity contribution in [3.63, 3.8) is 0 Å². The molecule has 2 amide bonds. The minimum atomic E-state index is -3.60. The second-order valence-electron chi connectivity index (χ2n) is 12.4. The lowest BCUT2D eigenvalue weighted by atomic mass is 10.1. The first kappa shape index (κ1) is 35.6. The van der Waals surface area contributed by atoms with E-state index in [1.54, 1.807) is 12.1 Å². The molecule has 1 aliphatic rings. The zero-order valence-electron chi connectivity index (χ0n) is 27.1. The molecule has 0 spiro atoms. The maximum atomic E-state index is 13.6. The molecule has 2 N–H and O–H groups in total. The molecule has 0 radical (unpaired) electrons. The Balaban J connectivity index is 1.72. The van der Waals surface area contributed by atoms with Crippen LogP contribution in [0.25, 0.3) is 0 Å². The van der Waals surface area contributed by atoms with Gasteiger partial charge in [-0.3, -0.25) is 9.10 Å². The van der Waals surface area contributed by atoms with Crippen LogP contribution in [0.2, 0.25) is 0 Å². The second kappa shape index (κ2) is 16.4. The van der Waals surface area contributed by atoms with E-state index in [9.17, 15) is 18.0 Å². The average molecular weight is 647 g/mol. The fourth-order valence-corrected chi connectivity index (χ4v) is 6.49. The number of unbranched alkanes of at least 4 members (excludes halogenated alkanes) is 4. The zero-order chi connectivity index (χ0) is 32.3. The quantitative estimate of drug-likeness (QED) is 0.174. The van der Waals surface area contributed by atoms with Gasteiger partial charge < -0.3 is 20.3 Å². The van der Waals surface area contributed by atoms with E-state index in [2.05, 4.69) is 22.5 Å². The highest BCUT2D eigenvalue weighted by molar-refractivity contribution is 7.99. The van der Waals surface area contributed by atoms with Crippen LogP contribution in [0.15, 0.2) is 47.4 Å². The van der Waals surface area contributed by atoms with Crippen LogP contribution in [0.5, 0.6) is 0 Å². The Kier molecular flexibility index (Phi) is 13.3. The van der Waals surface area contributed by atoms with Crippen molar-refractivity contribution < 1.29 is 22.7 Å². The van der Waals surface area contributed by atoms with Crippen LogP contribution in [0.1, 0.15) is 89.4 Å². The molecule has 9 nitrogen and oxygen atoms in total. The molecule has 1 unspecified atom stereocenters. The van der Waals surface area contributed by atoms with Gasteiger partial charge in [0.2, 0.25) is 10.0 Å². The number of hydrogen-bond donors (Lipinski definition) is 2. The zero-order valence-corrected chi connectivity index (χ0v) is 28.8. The van der Waals surface area contributed by atoms with Gasteiger partial charge in [0.25, 0.3) is 5.91 Å². The van der Waals surface area contributed by atoms with Crippen LogP contribution in [-0.2, 0) is 14.8 Å². The van der Waals surface area contributed by atoms with Gasteiger partial charge in [-0.2, -0.15) is 0 Å².